The van der Waals surface area contributed by atoms with E-state index in [2.05, 4.69) is 17.0 Å². The van der Waals surface area contributed by atoms with Crippen LogP contribution in [-0.4, -0.2) is 12.2 Å². The Kier molecular flexibility index (Phi) is 13.0. The summed E-state index contributed by atoms with van der Waals surface area (Å²) in [6, 6.07) is 50.3. The first kappa shape index (κ1) is 45.6. The summed E-state index contributed by atoms with van der Waals surface area (Å²) in [6.45, 7) is -0.0870. The highest BCUT2D eigenvalue weighted by atomic mass is 19.4. The van der Waals surface area contributed by atoms with Gasteiger partial charge in [0.1, 0.15) is 5.75 Å². The molecule has 0 bridgehead atoms. The van der Waals surface area contributed by atoms with Crippen LogP contribution >= 0.6 is 0 Å². The van der Waals surface area contributed by atoms with Crippen molar-refractivity contribution in [3.8, 4) is 5.75 Å². The number of hydrogen-bond acceptors (Lipinski definition) is 4. The van der Waals surface area contributed by atoms with E-state index in [1.807, 2.05) is 114 Å². The maximum atomic E-state index is 15.0. The molecule has 8 aromatic rings. The quantitative estimate of drug-likeness (QED) is 0.0978. The predicted molar refractivity (Wildman–Crippen MR) is 263 cm³/mol. The Morgan fingerprint density at radius 1 is 0.485 bits per heavy atom. The van der Waals surface area contributed by atoms with Crippen molar-refractivity contribution in [1.29, 1.82) is 0 Å². The van der Waals surface area contributed by atoms with Crippen LogP contribution in [0.3, 0.4) is 0 Å². The van der Waals surface area contributed by atoms with E-state index >= 15 is 13.2 Å². The van der Waals surface area contributed by atoms with E-state index in [-0.39, 0.29) is 17.7 Å². The van der Waals surface area contributed by atoms with Crippen LogP contribution in [0.2, 0.25) is 0 Å². The van der Waals surface area contributed by atoms with Crippen molar-refractivity contribution >= 4 is 69.2 Å². The lowest BCUT2D eigenvalue weighted by Crippen LogP contribution is -2.15. The van der Waals surface area contributed by atoms with Crippen LogP contribution in [0.5, 0.6) is 5.75 Å². The summed E-state index contributed by atoms with van der Waals surface area (Å²) in [5.41, 5.74) is 7.05. The molecular formula is C58H46F6N2O2. The summed E-state index contributed by atoms with van der Waals surface area (Å²) < 4.78 is 95.3. The largest absolute Gasteiger partial charge is 0.497 e. The average molecular weight is 917 g/mol. The number of aliphatic hydroxyl groups excluding tert-OH is 1. The first-order valence-electron chi connectivity index (χ1n) is 22.3. The molecule has 0 heterocycles. The Bertz CT molecular complexity index is 3090. The number of halogens is 6. The fourth-order valence-electron chi connectivity index (χ4n) is 9.09. The minimum atomic E-state index is -4.97. The Hall–Kier alpha value is -7.56. The van der Waals surface area contributed by atoms with Gasteiger partial charge in [-0.15, -0.1) is 0 Å². The molecule has 68 heavy (non-hydrogen) atoms. The molecule has 0 aliphatic heterocycles. The van der Waals surface area contributed by atoms with Gasteiger partial charge in [-0.1, -0.05) is 115 Å². The molecule has 10 heteroatoms. The third kappa shape index (κ3) is 9.64. The number of anilines is 6. The summed E-state index contributed by atoms with van der Waals surface area (Å²) in [5, 5.41) is 8.60. The van der Waals surface area contributed by atoms with Gasteiger partial charge in [0.15, 0.2) is 0 Å². The van der Waals surface area contributed by atoms with Crippen LogP contribution in [0.1, 0.15) is 62.9 Å². The maximum Gasteiger partial charge on any atom is 0.417 e. The van der Waals surface area contributed by atoms with E-state index in [1.54, 1.807) is 31.4 Å². The molecule has 0 aromatic heterocycles. The van der Waals surface area contributed by atoms with Crippen LogP contribution in [0, 0.1) is 0 Å². The molecule has 4 nitrogen and oxygen atoms in total. The number of rotatable bonds is 12. The number of aryl methyl sites for hydroxylation is 1. The SMILES string of the molecule is COc1ccc(N(c2ccccc2)c2ccc(/C=C\c3ccc4c(C(F)(F)F)c(/C=C\c5ccc(N(c6ccc(CO)cc6)c6cccc7c6CCCC7)cc5)ccc4c3C(F)(F)F)cc2)cc1. The average Bonchev–Trinajstić information content (AvgIpc) is 3.35. The minimum absolute atomic E-state index is 0.0870. The van der Waals surface area contributed by atoms with Gasteiger partial charge >= 0.3 is 12.4 Å². The molecular weight excluding hydrogens is 871 g/mol. The Balaban J connectivity index is 1.02. The number of methoxy groups -OCH3 is 1. The predicted octanol–water partition coefficient (Wildman–Crippen LogP) is 16.5. The monoisotopic (exact) mass is 916 g/mol. The number of nitrogens with zero attached hydrogens (tertiary/aromatic N) is 2. The van der Waals surface area contributed by atoms with Crippen LogP contribution in [0.25, 0.3) is 35.1 Å². The standard InChI is InChI=1S/C58H46F6N2O2/c1-68-50-34-32-47(33-35-50)65(45-10-3-2-4-11-45)46-26-16-39(17-27-46)14-22-43-24-36-53-52(55(43)57(59,60)61)37-25-44(56(53)58(62,63)64)23-15-40-18-28-48(29-19-40)66(49-30-20-41(38-67)21-31-49)54-13-7-9-42-8-5-6-12-51(42)54/h2-4,7,9-11,13-37,67H,5-6,8,12,38H2,1H3/b22-14-,23-15-. The summed E-state index contributed by atoms with van der Waals surface area (Å²) >= 11 is 0. The van der Waals surface area contributed by atoms with Gasteiger partial charge in [0.25, 0.3) is 0 Å². The van der Waals surface area contributed by atoms with Crippen molar-refractivity contribution in [1.82, 2.24) is 0 Å². The Morgan fingerprint density at radius 3 is 1.46 bits per heavy atom. The van der Waals surface area contributed by atoms with Gasteiger partial charge in [0.2, 0.25) is 0 Å². The van der Waals surface area contributed by atoms with E-state index in [1.165, 1.54) is 35.4 Å². The summed E-state index contributed by atoms with van der Waals surface area (Å²) in [4.78, 5) is 4.17. The maximum absolute atomic E-state index is 15.0. The van der Waals surface area contributed by atoms with Crippen molar-refractivity contribution in [2.24, 2.45) is 0 Å². The normalized spacial score (nSPS) is 13.0. The molecule has 342 valence electrons. The summed E-state index contributed by atoms with van der Waals surface area (Å²) in [5.74, 6) is 0.701. The number of benzene rings is 8. The zero-order chi connectivity index (χ0) is 47.4. The first-order chi connectivity index (χ1) is 32.9. The number of hydrogen-bond donors (Lipinski definition) is 1. The fraction of sp³-hybridized carbons (Fsp3) is 0.138. The number of alkyl halides is 6. The molecule has 1 aliphatic carbocycles. The lowest BCUT2D eigenvalue weighted by atomic mass is 9.89. The van der Waals surface area contributed by atoms with Gasteiger partial charge in [-0.05, 0) is 154 Å². The highest BCUT2D eigenvalue weighted by Gasteiger charge is 2.39. The molecule has 0 saturated carbocycles. The van der Waals surface area contributed by atoms with Gasteiger partial charge in [0.05, 0.1) is 24.8 Å². The van der Waals surface area contributed by atoms with Gasteiger partial charge in [-0.2, -0.15) is 26.3 Å². The molecule has 0 unspecified atom stereocenters. The van der Waals surface area contributed by atoms with Crippen LogP contribution < -0.4 is 14.5 Å². The number of ether oxygens (including phenoxy) is 1. The summed E-state index contributed by atoms with van der Waals surface area (Å²) in [7, 11) is 1.59. The van der Waals surface area contributed by atoms with Crippen molar-refractivity contribution in [2.75, 3.05) is 16.9 Å². The molecule has 1 aliphatic rings. The van der Waals surface area contributed by atoms with Gasteiger partial charge < -0.3 is 19.6 Å². The van der Waals surface area contributed by atoms with Crippen LogP contribution in [-0.2, 0) is 31.8 Å². The number of aliphatic hydroxyl groups is 1. The smallest absolute Gasteiger partial charge is 0.417 e. The minimum Gasteiger partial charge on any atom is -0.497 e. The molecule has 8 aromatic carbocycles. The molecule has 0 spiro atoms. The lowest BCUT2D eigenvalue weighted by Gasteiger charge is -2.30. The van der Waals surface area contributed by atoms with Crippen molar-refractivity contribution < 1.29 is 36.2 Å². The first-order valence-corrected chi connectivity index (χ1v) is 22.3. The zero-order valence-corrected chi connectivity index (χ0v) is 37.0. The van der Waals surface area contributed by atoms with Gasteiger partial charge in [0, 0.05) is 34.1 Å². The van der Waals surface area contributed by atoms with E-state index in [9.17, 15) is 18.3 Å². The summed E-state index contributed by atoms with van der Waals surface area (Å²) in [6.07, 6.45) is -0.159. The molecule has 1 N–H and O–H groups in total. The molecule has 0 saturated heterocycles. The Morgan fingerprint density at radius 2 is 0.956 bits per heavy atom. The number of fused-ring (bicyclic) bond motifs is 2. The zero-order valence-electron chi connectivity index (χ0n) is 37.0. The van der Waals surface area contributed by atoms with Crippen molar-refractivity contribution in [3.05, 3.63) is 220 Å². The molecule has 0 fully saturated rings. The second-order valence-electron chi connectivity index (χ2n) is 16.7. The van der Waals surface area contributed by atoms with E-state index < -0.39 is 34.3 Å². The highest BCUT2D eigenvalue weighted by Crippen LogP contribution is 2.45. The Labute approximate surface area is 391 Å². The number of para-hydroxylation sites is 1. The molecule has 0 atom stereocenters. The van der Waals surface area contributed by atoms with Crippen molar-refractivity contribution in [2.45, 2.75) is 44.6 Å². The third-order valence-electron chi connectivity index (χ3n) is 12.4. The molecule has 9 rings (SSSR count). The van der Waals surface area contributed by atoms with Crippen LogP contribution in [0.4, 0.5) is 60.5 Å². The lowest BCUT2D eigenvalue weighted by molar-refractivity contribution is -0.138. The topological polar surface area (TPSA) is 35.9 Å². The van der Waals surface area contributed by atoms with E-state index in [0.29, 0.717) is 16.9 Å². The third-order valence-corrected chi connectivity index (χ3v) is 12.4. The molecule has 0 radical (unpaired) electrons. The van der Waals surface area contributed by atoms with Crippen LogP contribution in [0.15, 0.2) is 170 Å². The fourth-order valence-corrected chi connectivity index (χ4v) is 9.09. The van der Waals surface area contributed by atoms with Gasteiger partial charge in [-0.3, -0.25) is 0 Å². The van der Waals surface area contributed by atoms with Gasteiger partial charge in [-0.25, -0.2) is 0 Å². The highest BCUT2D eigenvalue weighted by molar-refractivity contribution is 5.96. The second-order valence-corrected chi connectivity index (χ2v) is 16.7. The van der Waals surface area contributed by atoms with Crippen molar-refractivity contribution in [3.63, 3.8) is 0 Å². The van der Waals surface area contributed by atoms with E-state index in [0.717, 1.165) is 89.6 Å². The van der Waals surface area contributed by atoms with E-state index in [4.69, 9.17) is 4.74 Å². The molecule has 0 amide bonds. The second kappa shape index (κ2) is 19.3.